The molecule has 5 nitrogen and oxygen atoms in total. The van der Waals surface area contributed by atoms with Crippen molar-refractivity contribution in [1.29, 1.82) is 0 Å². The summed E-state index contributed by atoms with van der Waals surface area (Å²) in [7, 11) is 0. The maximum absolute atomic E-state index is 12.1. The molecule has 0 unspecified atom stereocenters. The number of amides is 2. The van der Waals surface area contributed by atoms with Crippen molar-refractivity contribution in [2.75, 3.05) is 0 Å². The third kappa shape index (κ3) is 4.41. The molecular weight excluding hydrogens is 268 g/mol. The quantitative estimate of drug-likeness (QED) is 0.826. The lowest BCUT2D eigenvalue weighted by Gasteiger charge is -2.15. The fraction of sp³-hybridized carbons (Fsp3) is 0.438. The highest BCUT2D eigenvalue weighted by atomic mass is 16.2. The minimum atomic E-state index is -0.448. The third-order valence-corrected chi connectivity index (χ3v) is 3.60. The van der Waals surface area contributed by atoms with Crippen LogP contribution in [0.4, 0.5) is 0 Å². The number of Topliss-reactive ketones (excluding diaryl/α,β-unsaturated/α-hetero) is 1. The van der Waals surface area contributed by atoms with Gasteiger partial charge in [-0.1, -0.05) is 24.6 Å². The smallest absolute Gasteiger partial charge is 0.242 e. The minimum Gasteiger partial charge on any atom is -0.350 e. The summed E-state index contributed by atoms with van der Waals surface area (Å²) in [5.74, 6) is -0.232. The molecule has 0 spiro atoms. The molecule has 0 radical (unpaired) electrons. The van der Waals surface area contributed by atoms with Gasteiger partial charge < -0.3 is 10.6 Å². The van der Waals surface area contributed by atoms with Crippen LogP contribution >= 0.6 is 0 Å². The van der Waals surface area contributed by atoms with Crippen LogP contribution in [0, 0.1) is 0 Å². The Bertz CT molecular complexity index is 554. The van der Waals surface area contributed by atoms with E-state index in [1.165, 1.54) is 6.92 Å². The summed E-state index contributed by atoms with van der Waals surface area (Å²) in [4.78, 5) is 34.9. The first-order valence-corrected chi connectivity index (χ1v) is 7.23. The number of ketones is 1. The topological polar surface area (TPSA) is 75.3 Å². The van der Waals surface area contributed by atoms with E-state index in [-0.39, 0.29) is 17.6 Å². The molecule has 1 heterocycles. The van der Waals surface area contributed by atoms with Crippen LogP contribution in [0.5, 0.6) is 0 Å². The van der Waals surface area contributed by atoms with Crippen molar-refractivity contribution < 1.29 is 14.4 Å². The van der Waals surface area contributed by atoms with Crippen LogP contribution in [0.25, 0.3) is 0 Å². The Labute approximate surface area is 124 Å². The van der Waals surface area contributed by atoms with Crippen LogP contribution < -0.4 is 10.6 Å². The Balaban J connectivity index is 1.92. The van der Waals surface area contributed by atoms with Gasteiger partial charge >= 0.3 is 0 Å². The van der Waals surface area contributed by atoms with E-state index in [1.54, 1.807) is 18.2 Å². The summed E-state index contributed by atoms with van der Waals surface area (Å²) >= 11 is 0. The van der Waals surface area contributed by atoms with E-state index in [2.05, 4.69) is 10.6 Å². The highest BCUT2D eigenvalue weighted by molar-refractivity contribution is 5.94. The lowest BCUT2D eigenvalue weighted by molar-refractivity contribution is -0.128. The third-order valence-electron chi connectivity index (χ3n) is 3.60. The van der Waals surface area contributed by atoms with Crippen molar-refractivity contribution in [3.8, 4) is 0 Å². The number of hydrogen-bond donors (Lipinski definition) is 2. The number of rotatable bonds is 4. The molecule has 112 valence electrons. The molecule has 0 saturated carbocycles. The normalized spacial score (nSPS) is 18.5. The largest absolute Gasteiger partial charge is 0.350 e. The first kappa shape index (κ1) is 15.2. The molecule has 1 aliphatic heterocycles. The van der Waals surface area contributed by atoms with E-state index in [0.29, 0.717) is 24.9 Å². The minimum absolute atomic E-state index is 0.000733. The van der Waals surface area contributed by atoms with Crippen LogP contribution in [0.1, 0.15) is 48.5 Å². The SMILES string of the molecule is CC(=O)c1cccc(CNC(=O)[C@H]2CCCCC(=O)N2)c1. The summed E-state index contributed by atoms with van der Waals surface area (Å²) < 4.78 is 0. The fourth-order valence-corrected chi connectivity index (χ4v) is 2.38. The lowest BCUT2D eigenvalue weighted by Crippen LogP contribution is -2.45. The van der Waals surface area contributed by atoms with Gasteiger partial charge in [0.1, 0.15) is 6.04 Å². The molecule has 1 fully saturated rings. The van der Waals surface area contributed by atoms with Gasteiger partial charge in [0, 0.05) is 18.5 Å². The zero-order valence-electron chi connectivity index (χ0n) is 12.1. The summed E-state index contributed by atoms with van der Waals surface area (Å²) in [6.45, 7) is 1.87. The molecule has 1 aromatic rings. The second-order valence-electron chi connectivity index (χ2n) is 5.34. The number of hydrogen-bond acceptors (Lipinski definition) is 3. The second kappa shape index (κ2) is 7.02. The molecule has 1 aromatic carbocycles. The Morgan fingerprint density at radius 3 is 2.90 bits per heavy atom. The van der Waals surface area contributed by atoms with Gasteiger partial charge in [-0.3, -0.25) is 14.4 Å². The van der Waals surface area contributed by atoms with Crippen LogP contribution in [0.15, 0.2) is 24.3 Å². The monoisotopic (exact) mass is 288 g/mol. The lowest BCUT2D eigenvalue weighted by atomic mass is 10.1. The molecule has 2 amide bonds. The molecule has 0 aromatic heterocycles. The standard InChI is InChI=1S/C16H20N2O3/c1-11(19)13-6-4-5-12(9-13)10-17-16(21)14-7-2-3-8-15(20)18-14/h4-6,9,14H,2-3,7-8,10H2,1H3,(H,17,21)(H,18,20)/t14-/m1/s1. The highest BCUT2D eigenvalue weighted by Crippen LogP contribution is 2.10. The zero-order chi connectivity index (χ0) is 15.2. The van der Waals surface area contributed by atoms with Gasteiger partial charge in [-0.2, -0.15) is 0 Å². The van der Waals surface area contributed by atoms with Crippen molar-refractivity contribution in [2.45, 2.75) is 45.2 Å². The molecule has 2 rings (SSSR count). The molecule has 5 heteroatoms. The first-order chi connectivity index (χ1) is 10.1. The predicted octanol–water partition coefficient (Wildman–Crippen LogP) is 1.56. The second-order valence-corrected chi connectivity index (χ2v) is 5.34. The van der Waals surface area contributed by atoms with E-state index < -0.39 is 6.04 Å². The van der Waals surface area contributed by atoms with Crippen LogP contribution in [0.3, 0.4) is 0 Å². The number of carbonyl (C=O) groups excluding carboxylic acids is 3. The zero-order valence-corrected chi connectivity index (χ0v) is 12.1. The van der Waals surface area contributed by atoms with Crippen molar-refractivity contribution in [3.05, 3.63) is 35.4 Å². The Morgan fingerprint density at radius 1 is 1.33 bits per heavy atom. The summed E-state index contributed by atoms with van der Waals surface area (Å²) in [6.07, 6.45) is 2.86. The average molecular weight is 288 g/mol. The number of benzene rings is 1. The average Bonchev–Trinajstić information content (AvgIpc) is 2.69. The van der Waals surface area contributed by atoms with Gasteiger partial charge in [-0.25, -0.2) is 0 Å². The molecule has 21 heavy (non-hydrogen) atoms. The maximum atomic E-state index is 12.1. The van der Waals surface area contributed by atoms with E-state index in [9.17, 15) is 14.4 Å². The molecule has 2 N–H and O–H groups in total. The summed E-state index contributed by atoms with van der Waals surface area (Å²) in [6, 6.07) is 6.73. The molecule has 1 saturated heterocycles. The van der Waals surface area contributed by atoms with Gasteiger partial charge in [0.25, 0.3) is 0 Å². The van der Waals surface area contributed by atoms with Gasteiger partial charge in [0.2, 0.25) is 11.8 Å². The van der Waals surface area contributed by atoms with E-state index in [0.717, 1.165) is 18.4 Å². The van der Waals surface area contributed by atoms with Gasteiger partial charge in [-0.15, -0.1) is 0 Å². The van der Waals surface area contributed by atoms with E-state index in [1.807, 2.05) is 6.07 Å². The highest BCUT2D eigenvalue weighted by Gasteiger charge is 2.22. The van der Waals surface area contributed by atoms with Crippen molar-refractivity contribution in [1.82, 2.24) is 10.6 Å². The molecule has 0 bridgehead atoms. The van der Waals surface area contributed by atoms with Crippen LogP contribution in [0.2, 0.25) is 0 Å². The van der Waals surface area contributed by atoms with Crippen LogP contribution in [-0.4, -0.2) is 23.6 Å². The Hall–Kier alpha value is -2.17. The van der Waals surface area contributed by atoms with Crippen molar-refractivity contribution in [2.24, 2.45) is 0 Å². The van der Waals surface area contributed by atoms with Gasteiger partial charge in [0.05, 0.1) is 0 Å². The van der Waals surface area contributed by atoms with Crippen molar-refractivity contribution in [3.63, 3.8) is 0 Å². The van der Waals surface area contributed by atoms with Crippen molar-refractivity contribution >= 4 is 17.6 Å². The molecule has 1 atom stereocenters. The Morgan fingerprint density at radius 2 is 2.14 bits per heavy atom. The summed E-state index contributed by atoms with van der Waals surface area (Å²) in [5.41, 5.74) is 1.50. The fourth-order valence-electron chi connectivity index (χ4n) is 2.38. The van der Waals surface area contributed by atoms with Gasteiger partial charge in [-0.05, 0) is 31.4 Å². The maximum Gasteiger partial charge on any atom is 0.242 e. The Kier molecular flexibility index (Phi) is 5.09. The predicted molar refractivity (Wildman–Crippen MR) is 78.7 cm³/mol. The molecule has 1 aliphatic rings. The number of nitrogens with one attached hydrogen (secondary N) is 2. The van der Waals surface area contributed by atoms with Gasteiger partial charge in [0.15, 0.2) is 5.78 Å². The summed E-state index contributed by atoms with van der Waals surface area (Å²) in [5, 5.41) is 5.56. The number of carbonyl (C=O) groups is 3. The van der Waals surface area contributed by atoms with Crippen LogP contribution in [-0.2, 0) is 16.1 Å². The first-order valence-electron chi connectivity index (χ1n) is 7.23. The molecule has 0 aliphatic carbocycles. The van der Waals surface area contributed by atoms with E-state index >= 15 is 0 Å². The van der Waals surface area contributed by atoms with E-state index in [4.69, 9.17) is 0 Å². The molecular formula is C16H20N2O3.